The van der Waals surface area contributed by atoms with Crippen molar-refractivity contribution >= 4 is 22.6 Å². The molecule has 0 aliphatic carbocycles. The summed E-state index contributed by atoms with van der Waals surface area (Å²) in [5.74, 6) is -0.597. The van der Waals surface area contributed by atoms with Gasteiger partial charge in [-0.2, -0.15) is 5.26 Å². The third-order valence-corrected chi connectivity index (χ3v) is 3.43. The number of methoxy groups -OCH3 is 1. The first-order chi connectivity index (χ1) is 10.7. The summed E-state index contributed by atoms with van der Waals surface area (Å²) in [6, 6.07) is 11.2. The van der Waals surface area contributed by atoms with Crippen molar-refractivity contribution in [3.05, 3.63) is 54.0 Å². The molecule has 6 heteroatoms. The molecule has 0 aliphatic heterocycles. The quantitative estimate of drug-likeness (QED) is 0.731. The minimum atomic E-state index is -0.597. The number of carbonyl (C=O) groups excluding carboxylic acids is 1. The minimum absolute atomic E-state index is 0.107. The summed E-state index contributed by atoms with van der Waals surface area (Å²) in [5.41, 5.74) is 7.86. The summed E-state index contributed by atoms with van der Waals surface area (Å²) in [7, 11) is 1.27. The number of fused-ring (bicyclic) bond motifs is 1. The van der Waals surface area contributed by atoms with E-state index in [2.05, 4.69) is 4.98 Å². The Morgan fingerprint density at radius 3 is 2.91 bits per heavy atom. The molecule has 108 valence electrons. The Kier molecular flexibility index (Phi) is 3.24. The van der Waals surface area contributed by atoms with Gasteiger partial charge in [-0.05, 0) is 24.3 Å². The molecule has 0 spiro atoms. The van der Waals surface area contributed by atoms with E-state index in [0.29, 0.717) is 5.69 Å². The lowest BCUT2D eigenvalue weighted by molar-refractivity contribution is 0.0593. The molecular weight excluding hydrogens is 280 g/mol. The minimum Gasteiger partial charge on any atom is -0.464 e. The molecule has 3 rings (SSSR count). The topological polar surface area (TPSA) is 93.9 Å². The maximum atomic E-state index is 12.0. The number of nitriles is 1. The van der Waals surface area contributed by atoms with Gasteiger partial charge in [0.15, 0.2) is 5.69 Å². The van der Waals surface area contributed by atoms with Gasteiger partial charge in [-0.3, -0.25) is 4.98 Å². The van der Waals surface area contributed by atoms with Crippen LogP contribution in [0.2, 0.25) is 0 Å². The van der Waals surface area contributed by atoms with Gasteiger partial charge in [0.25, 0.3) is 0 Å². The molecule has 2 heterocycles. The lowest BCUT2D eigenvalue weighted by Crippen LogP contribution is -2.11. The normalized spacial score (nSPS) is 10.4. The maximum Gasteiger partial charge on any atom is 0.357 e. The Morgan fingerprint density at radius 2 is 2.18 bits per heavy atom. The Bertz CT molecular complexity index is 916. The van der Waals surface area contributed by atoms with E-state index in [4.69, 9.17) is 15.7 Å². The number of hydrogen-bond acceptors (Lipinski definition) is 5. The molecule has 0 radical (unpaired) electrons. The molecule has 0 amide bonds. The number of benzene rings is 1. The monoisotopic (exact) mass is 292 g/mol. The summed E-state index contributed by atoms with van der Waals surface area (Å²) in [6.07, 6.45) is 3.22. The number of hydrogen-bond donors (Lipinski definition) is 1. The fourth-order valence-corrected chi connectivity index (χ4v) is 2.40. The van der Waals surface area contributed by atoms with Gasteiger partial charge < -0.3 is 15.0 Å². The molecule has 0 fully saturated rings. The average Bonchev–Trinajstić information content (AvgIpc) is 2.90. The third-order valence-electron chi connectivity index (χ3n) is 3.43. The number of aromatic nitrogens is 2. The highest BCUT2D eigenvalue weighted by molar-refractivity contribution is 5.97. The van der Waals surface area contributed by atoms with Crippen LogP contribution in [0.5, 0.6) is 0 Å². The van der Waals surface area contributed by atoms with Gasteiger partial charge in [0.05, 0.1) is 29.6 Å². The summed E-state index contributed by atoms with van der Waals surface area (Å²) >= 11 is 0. The number of pyridine rings is 1. The lowest BCUT2D eigenvalue weighted by atomic mass is 10.1. The second-order valence-corrected chi connectivity index (χ2v) is 4.63. The number of nitrogen functional groups attached to an aromatic ring is 1. The van der Waals surface area contributed by atoms with Crippen molar-refractivity contribution < 1.29 is 9.53 Å². The Hall–Kier alpha value is -3.33. The van der Waals surface area contributed by atoms with Gasteiger partial charge in [-0.1, -0.05) is 6.07 Å². The van der Waals surface area contributed by atoms with E-state index in [0.717, 1.165) is 10.9 Å². The van der Waals surface area contributed by atoms with Crippen LogP contribution >= 0.6 is 0 Å². The molecule has 0 atom stereocenters. The van der Waals surface area contributed by atoms with Crippen molar-refractivity contribution in [2.24, 2.45) is 0 Å². The van der Waals surface area contributed by atoms with Crippen molar-refractivity contribution in [2.45, 2.75) is 0 Å². The summed E-state index contributed by atoms with van der Waals surface area (Å²) in [5, 5.41) is 10.0. The van der Waals surface area contributed by atoms with E-state index in [-0.39, 0.29) is 16.9 Å². The molecule has 2 aromatic heterocycles. The molecule has 1 aromatic carbocycles. The van der Waals surface area contributed by atoms with Gasteiger partial charge in [-0.25, -0.2) is 4.79 Å². The summed E-state index contributed by atoms with van der Waals surface area (Å²) in [6.45, 7) is 0. The predicted octanol–water partition coefficient (Wildman–Crippen LogP) is 2.27. The SMILES string of the molecule is COC(=O)c1c(N)c(C#N)cn1-c1cccc2ncccc12. The molecule has 0 saturated heterocycles. The van der Waals surface area contributed by atoms with Crippen LogP contribution in [0, 0.1) is 11.3 Å². The van der Waals surface area contributed by atoms with Gasteiger partial charge >= 0.3 is 5.97 Å². The molecule has 22 heavy (non-hydrogen) atoms. The predicted molar refractivity (Wildman–Crippen MR) is 81.5 cm³/mol. The molecule has 6 nitrogen and oxygen atoms in total. The summed E-state index contributed by atoms with van der Waals surface area (Å²) < 4.78 is 6.36. The number of nitrogens with two attached hydrogens (primary N) is 1. The van der Waals surface area contributed by atoms with Gasteiger partial charge in [0, 0.05) is 17.8 Å². The Balaban J connectivity index is 2.36. The van der Waals surface area contributed by atoms with Crippen LogP contribution in [0.3, 0.4) is 0 Å². The highest BCUT2D eigenvalue weighted by Crippen LogP contribution is 2.28. The third kappa shape index (κ3) is 1.96. The molecule has 0 saturated carbocycles. The van der Waals surface area contributed by atoms with Crippen molar-refractivity contribution in [1.29, 1.82) is 5.26 Å². The second kappa shape index (κ2) is 5.22. The number of esters is 1. The van der Waals surface area contributed by atoms with Crippen molar-refractivity contribution in [3.8, 4) is 11.8 Å². The molecule has 0 bridgehead atoms. The van der Waals surface area contributed by atoms with Crippen LogP contribution in [0.4, 0.5) is 5.69 Å². The molecule has 2 N–H and O–H groups in total. The van der Waals surface area contributed by atoms with Crippen LogP contribution in [-0.2, 0) is 4.74 Å². The number of rotatable bonds is 2. The fourth-order valence-electron chi connectivity index (χ4n) is 2.40. The molecule has 3 aromatic rings. The number of ether oxygens (including phenoxy) is 1. The Labute approximate surface area is 126 Å². The lowest BCUT2D eigenvalue weighted by Gasteiger charge is -2.11. The van der Waals surface area contributed by atoms with Crippen molar-refractivity contribution in [3.63, 3.8) is 0 Å². The van der Waals surface area contributed by atoms with Gasteiger partial charge in [-0.15, -0.1) is 0 Å². The smallest absolute Gasteiger partial charge is 0.357 e. The average molecular weight is 292 g/mol. The van der Waals surface area contributed by atoms with Crippen LogP contribution in [-0.4, -0.2) is 22.6 Å². The van der Waals surface area contributed by atoms with E-state index in [9.17, 15) is 4.79 Å². The van der Waals surface area contributed by atoms with E-state index >= 15 is 0 Å². The van der Waals surface area contributed by atoms with E-state index < -0.39 is 5.97 Å². The van der Waals surface area contributed by atoms with Crippen LogP contribution < -0.4 is 5.73 Å². The van der Waals surface area contributed by atoms with E-state index in [1.54, 1.807) is 10.8 Å². The summed E-state index contributed by atoms with van der Waals surface area (Å²) in [4.78, 5) is 16.3. The number of nitrogens with zero attached hydrogens (tertiary/aromatic N) is 3. The first kappa shape index (κ1) is 13.6. The number of anilines is 1. The fraction of sp³-hybridized carbons (Fsp3) is 0.0625. The second-order valence-electron chi connectivity index (χ2n) is 4.63. The van der Waals surface area contributed by atoms with Crippen LogP contribution in [0.15, 0.2) is 42.7 Å². The molecule has 0 aliphatic rings. The van der Waals surface area contributed by atoms with Crippen LogP contribution in [0.25, 0.3) is 16.6 Å². The van der Waals surface area contributed by atoms with Crippen LogP contribution in [0.1, 0.15) is 16.1 Å². The van der Waals surface area contributed by atoms with Gasteiger partial charge in [0.2, 0.25) is 0 Å². The zero-order valence-corrected chi connectivity index (χ0v) is 11.8. The first-order valence-electron chi connectivity index (χ1n) is 6.50. The van der Waals surface area contributed by atoms with Crippen molar-refractivity contribution in [2.75, 3.05) is 12.8 Å². The number of carbonyl (C=O) groups is 1. The molecule has 0 unspecified atom stereocenters. The van der Waals surface area contributed by atoms with E-state index in [1.165, 1.54) is 13.3 Å². The highest BCUT2D eigenvalue weighted by atomic mass is 16.5. The zero-order chi connectivity index (χ0) is 15.7. The zero-order valence-electron chi connectivity index (χ0n) is 11.8. The molecular formula is C16H12N4O2. The van der Waals surface area contributed by atoms with E-state index in [1.807, 2.05) is 36.4 Å². The largest absolute Gasteiger partial charge is 0.464 e. The highest BCUT2D eigenvalue weighted by Gasteiger charge is 2.22. The standard InChI is InChI=1S/C16H12N4O2/c1-22-16(21)15-14(18)10(8-17)9-20(15)13-6-2-5-12-11(13)4-3-7-19-12/h2-7,9H,18H2,1H3. The van der Waals surface area contributed by atoms with Gasteiger partial charge in [0.1, 0.15) is 6.07 Å². The van der Waals surface area contributed by atoms with Crippen molar-refractivity contribution in [1.82, 2.24) is 9.55 Å². The first-order valence-corrected chi connectivity index (χ1v) is 6.50. The Morgan fingerprint density at radius 1 is 1.36 bits per heavy atom. The maximum absolute atomic E-state index is 12.0.